The molecule has 0 aliphatic carbocycles. The van der Waals surface area contributed by atoms with E-state index in [1.165, 1.54) is 6.07 Å². The second-order valence-corrected chi connectivity index (χ2v) is 7.13. The van der Waals surface area contributed by atoms with Gasteiger partial charge in [-0.25, -0.2) is 5.43 Å². The first-order valence-corrected chi connectivity index (χ1v) is 9.34. The fourth-order valence-electron chi connectivity index (χ4n) is 2.13. The second kappa shape index (κ2) is 10.3. The molecule has 0 bridgehead atoms. The molecular formula is C19H18Cl3N3O3. The first-order valence-electron chi connectivity index (χ1n) is 8.21. The summed E-state index contributed by atoms with van der Waals surface area (Å²) in [5.74, 6) is -0.431. The number of hydrogen-bond donors (Lipinski definition) is 2. The molecule has 2 N–H and O–H groups in total. The summed E-state index contributed by atoms with van der Waals surface area (Å²) in [5, 5.41) is 7.98. The van der Waals surface area contributed by atoms with Gasteiger partial charge in [0.1, 0.15) is 5.75 Å². The van der Waals surface area contributed by atoms with Gasteiger partial charge < -0.3 is 10.1 Å². The van der Waals surface area contributed by atoms with Gasteiger partial charge in [-0.1, -0.05) is 40.9 Å². The minimum absolute atomic E-state index is 0.0100. The van der Waals surface area contributed by atoms with Gasteiger partial charge in [0.25, 0.3) is 5.91 Å². The van der Waals surface area contributed by atoms with E-state index < -0.39 is 5.91 Å². The zero-order valence-electron chi connectivity index (χ0n) is 15.2. The van der Waals surface area contributed by atoms with Crippen LogP contribution in [0.3, 0.4) is 0 Å². The van der Waals surface area contributed by atoms with Crippen LogP contribution in [-0.4, -0.2) is 24.1 Å². The molecule has 0 saturated carbocycles. The van der Waals surface area contributed by atoms with E-state index in [0.29, 0.717) is 32.2 Å². The summed E-state index contributed by atoms with van der Waals surface area (Å²) in [4.78, 5) is 23.9. The van der Waals surface area contributed by atoms with E-state index in [4.69, 9.17) is 39.5 Å². The third-order valence-corrected chi connectivity index (χ3v) is 4.52. The fourth-order valence-corrected chi connectivity index (χ4v) is 2.77. The van der Waals surface area contributed by atoms with Crippen molar-refractivity contribution in [3.63, 3.8) is 0 Å². The number of anilines is 1. The average Bonchev–Trinajstić information content (AvgIpc) is 2.63. The van der Waals surface area contributed by atoms with Gasteiger partial charge in [0.2, 0.25) is 5.91 Å². The SMILES string of the molecule is C/C(CC(=O)Nc1cccc(Cl)c1C)=N\NC(=O)COc1ccc(Cl)cc1Cl. The zero-order chi connectivity index (χ0) is 20.7. The molecular weight excluding hydrogens is 425 g/mol. The minimum Gasteiger partial charge on any atom is -0.482 e. The molecule has 6 nitrogen and oxygen atoms in total. The number of benzene rings is 2. The molecule has 2 rings (SSSR count). The van der Waals surface area contributed by atoms with Gasteiger partial charge in [-0.2, -0.15) is 5.10 Å². The maximum absolute atomic E-state index is 12.1. The Bertz CT molecular complexity index is 917. The first kappa shape index (κ1) is 22.0. The normalized spacial score (nSPS) is 11.1. The number of hydrazone groups is 1. The Morgan fingerprint density at radius 3 is 2.54 bits per heavy atom. The highest BCUT2D eigenvalue weighted by Crippen LogP contribution is 2.27. The fraction of sp³-hybridized carbons (Fsp3) is 0.211. The Balaban J connectivity index is 1.81. The lowest BCUT2D eigenvalue weighted by Crippen LogP contribution is -2.26. The number of amides is 2. The van der Waals surface area contributed by atoms with E-state index in [0.717, 1.165) is 5.56 Å². The van der Waals surface area contributed by atoms with E-state index in [1.807, 2.05) is 6.92 Å². The van der Waals surface area contributed by atoms with Crippen molar-refractivity contribution in [3.8, 4) is 5.75 Å². The van der Waals surface area contributed by atoms with Crippen LogP contribution in [0.4, 0.5) is 5.69 Å². The van der Waals surface area contributed by atoms with Gasteiger partial charge in [0.05, 0.1) is 11.4 Å². The van der Waals surface area contributed by atoms with E-state index in [2.05, 4.69) is 15.8 Å². The van der Waals surface area contributed by atoms with Crippen LogP contribution in [0, 0.1) is 6.92 Å². The van der Waals surface area contributed by atoms with E-state index in [9.17, 15) is 9.59 Å². The zero-order valence-corrected chi connectivity index (χ0v) is 17.5. The molecule has 0 radical (unpaired) electrons. The standard InChI is InChI=1S/C19H18Cl3N3O3/c1-11(8-18(26)23-16-5-3-4-14(21)12(16)2)24-25-19(27)10-28-17-7-6-13(20)9-15(17)22/h3-7,9H,8,10H2,1-2H3,(H,23,26)(H,25,27)/b24-11+. The minimum atomic E-state index is -0.489. The number of ether oxygens (including phenoxy) is 1. The second-order valence-electron chi connectivity index (χ2n) is 5.88. The molecule has 2 amide bonds. The summed E-state index contributed by atoms with van der Waals surface area (Å²) >= 11 is 17.8. The number of nitrogens with zero attached hydrogens (tertiary/aromatic N) is 1. The van der Waals surface area contributed by atoms with Gasteiger partial charge in [-0.05, 0) is 49.7 Å². The van der Waals surface area contributed by atoms with Crippen LogP contribution in [-0.2, 0) is 9.59 Å². The van der Waals surface area contributed by atoms with Crippen molar-refractivity contribution in [2.75, 3.05) is 11.9 Å². The van der Waals surface area contributed by atoms with Gasteiger partial charge in [-0.15, -0.1) is 0 Å². The van der Waals surface area contributed by atoms with Crippen molar-refractivity contribution >= 4 is 58.0 Å². The van der Waals surface area contributed by atoms with E-state index in [-0.39, 0.29) is 18.9 Å². The molecule has 9 heteroatoms. The maximum Gasteiger partial charge on any atom is 0.277 e. The topological polar surface area (TPSA) is 79.8 Å². The summed E-state index contributed by atoms with van der Waals surface area (Å²) < 4.78 is 5.31. The monoisotopic (exact) mass is 441 g/mol. The van der Waals surface area contributed by atoms with E-state index >= 15 is 0 Å². The molecule has 0 aliphatic rings. The smallest absolute Gasteiger partial charge is 0.277 e. The molecule has 0 heterocycles. The molecule has 0 aromatic heterocycles. The van der Waals surface area contributed by atoms with Crippen molar-refractivity contribution in [1.82, 2.24) is 5.43 Å². The molecule has 28 heavy (non-hydrogen) atoms. The van der Waals surface area contributed by atoms with Crippen molar-refractivity contribution in [2.45, 2.75) is 20.3 Å². The largest absolute Gasteiger partial charge is 0.482 e. The van der Waals surface area contributed by atoms with Crippen LogP contribution in [0.15, 0.2) is 41.5 Å². The van der Waals surface area contributed by atoms with E-state index in [1.54, 1.807) is 37.3 Å². The Morgan fingerprint density at radius 2 is 1.82 bits per heavy atom. The lowest BCUT2D eigenvalue weighted by molar-refractivity contribution is -0.123. The lowest BCUT2D eigenvalue weighted by atomic mass is 10.2. The van der Waals surface area contributed by atoms with Gasteiger partial charge >= 0.3 is 0 Å². The Kier molecular flexibility index (Phi) is 8.11. The van der Waals surface area contributed by atoms with Crippen molar-refractivity contribution < 1.29 is 14.3 Å². The quantitative estimate of drug-likeness (QED) is 0.475. The number of carbonyl (C=O) groups excluding carboxylic acids is 2. The summed E-state index contributed by atoms with van der Waals surface area (Å²) in [6.45, 7) is 3.15. The predicted molar refractivity (Wildman–Crippen MR) is 113 cm³/mol. The number of carbonyl (C=O) groups is 2. The summed E-state index contributed by atoms with van der Waals surface area (Å²) in [6, 6.07) is 9.93. The van der Waals surface area contributed by atoms with Gasteiger partial charge in [0, 0.05) is 21.4 Å². The predicted octanol–water partition coefficient (Wildman–Crippen LogP) is 4.85. The summed E-state index contributed by atoms with van der Waals surface area (Å²) in [5.41, 5.74) is 4.16. The molecule has 2 aromatic carbocycles. The molecule has 0 atom stereocenters. The molecule has 0 fully saturated rings. The first-order chi connectivity index (χ1) is 13.3. The lowest BCUT2D eigenvalue weighted by Gasteiger charge is -2.10. The third-order valence-electron chi connectivity index (χ3n) is 3.58. The van der Waals surface area contributed by atoms with Crippen LogP contribution >= 0.6 is 34.8 Å². The number of hydrogen-bond acceptors (Lipinski definition) is 4. The van der Waals surface area contributed by atoms with Gasteiger partial charge in [-0.3, -0.25) is 9.59 Å². The summed E-state index contributed by atoms with van der Waals surface area (Å²) in [6.07, 6.45) is 0.0100. The van der Waals surface area contributed by atoms with Crippen LogP contribution in [0.2, 0.25) is 15.1 Å². The van der Waals surface area contributed by atoms with Crippen molar-refractivity contribution in [1.29, 1.82) is 0 Å². The maximum atomic E-state index is 12.1. The van der Waals surface area contributed by atoms with Crippen LogP contribution in [0.25, 0.3) is 0 Å². The third kappa shape index (κ3) is 6.71. The Labute approximate surface area is 177 Å². The summed E-state index contributed by atoms with van der Waals surface area (Å²) in [7, 11) is 0. The van der Waals surface area contributed by atoms with Crippen molar-refractivity contribution in [2.24, 2.45) is 5.10 Å². The Hall–Kier alpha value is -2.28. The van der Waals surface area contributed by atoms with Gasteiger partial charge in [0.15, 0.2) is 6.61 Å². The van der Waals surface area contributed by atoms with Crippen molar-refractivity contribution in [3.05, 3.63) is 57.0 Å². The number of halogens is 3. The average molecular weight is 443 g/mol. The number of nitrogens with one attached hydrogen (secondary N) is 2. The highest BCUT2D eigenvalue weighted by atomic mass is 35.5. The number of rotatable bonds is 7. The van der Waals surface area contributed by atoms with Crippen LogP contribution in [0.5, 0.6) is 5.75 Å². The molecule has 2 aromatic rings. The Morgan fingerprint density at radius 1 is 1.07 bits per heavy atom. The van der Waals surface area contributed by atoms with Crippen LogP contribution < -0.4 is 15.5 Å². The highest BCUT2D eigenvalue weighted by Gasteiger charge is 2.09. The highest BCUT2D eigenvalue weighted by molar-refractivity contribution is 6.35. The molecule has 0 aliphatic heterocycles. The molecule has 0 spiro atoms. The molecule has 0 saturated heterocycles. The molecule has 148 valence electrons. The molecule has 0 unspecified atom stereocenters. The van der Waals surface area contributed by atoms with Crippen LogP contribution in [0.1, 0.15) is 18.9 Å².